The minimum atomic E-state index is -1.32. The molecule has 3 rings (SSSR count). The summed E-state index contributed by atoms with van der Waals surface area (Å²) in [5.74, 6) is -3.08. The monoisotopic (exact) mass is 618 g/mol. The molecular formula is C30H36F2N4O6S. The van der Waals surface area contributed by atoms with E-state index in [4.69, 9.17) is 9.47 Å². The van der Waals surface area contributed by atoms with Crippen molar-refractivity contribution in [1.29, 1.82) is 0 Å². The second-order valence-corrected chi connectivity index (χ2v) is 10.4. The van der Waals surface area contributed by atoms with Crippen LogP contribution >= 0.6 is 11.3 Å². The number of nitrogens with one attached hydrogen (secondary N) is 2. The summed E-state index contributed by atoms with van der Waals surface area (Å²) in [5.41, 5.74) is 0.951. The summed E-state index contributed by atoms with van der Waals surface area (Å²) in [7, 11) is 1.81. The van der Waals surface area contributed by atoms with Crippen LogP contribution < -0.4 is 15.5 Å². The Morgan fingerprint density at radius 1 is 0.953 bits per heavy atom. The van der Waals surface area contributed by atoms with Crippen molar-refractivity contribution in [1.82, 2.24) is 10.2 Å². The van der Waals surface area contributed by atoms with Crippen LogP contribution in [0, 0.1) is 11.6 Å². The molecular weight excluding hydrogens is 582 g/mol. The van der Waals surface area contributed by atoms with Crippen molar-refractivity contribution in [3.05, 3.63) is 70.8 Å². The van der Waals surface area contributed by atoms with Crippen LogP contribution in [0.3, 0.4) is 0 Å². The average Bonchev–Trinajstić information content (AvgIpc) is 3.32. The Labute approximate surface area is 253 Å². The maximum Gasteiger partial charge on any atom is 0.415 e. The summed E-state index contributed by atoms with van der Waals surface area (Å²) in [5, 5.41) is 15.8. The average molecular weight is 619 g/mol. The Bertz CT molecular complexity index is 1400. The molecule has 3 aromatic rings. The van der Waals surface area contributed by atoms with E-state index in [1.807, 2.05) is 18.9 Å². The van der Waals surface area contributed by atoms with Crippen molar-refractivity contribution >= 4 is 40.1 Å². The molecule has 0 bridgehead atoms. The van der Waals surface area contributed by atoms with Gasteiger partial charge in [0.1, 0.15) is 16.6 Å². The lowest BCUT2D eigenvalue weighted by Crippen LogP contribution is -2.32. The number of urea groups is 1. The van der Waals surface area contributed by atoms with Crippen LogP contribution in [0.25, 0.3) is 10.4 Å². The predicted molar refractivity (Wildman–Crippen MR) is 162 cm³/mol. The first-order valence-electron chi connectivity index (χ1n) is 13.8. The van der Waals surface area contributed by atoms with Crippen LogP contribution in [0.4, 0.5) is 29.1 Å². The van der Waals surface area contributed by atoms with Gasteiger partial charge in [-0.25, -0.2) is 23.2 Å². The Balaban J connectivity index is 2.17. The van der Waals surface area contributed by atoms with E-state index in [0.29, 0.717) is 48.0 Å². The number of ether oxygens (including phenoxy) is 2. The topological polar surface area (TPSA) is 120 Å². The van der Waals surface area contributed by atoms with Gasteiger partial charge in [0.25, 0.3) is 0 Å². The molecule has 43 heavy (non-hydrogen) atoms. The van der Waals surface area contributed by atoms with Gasteiger partial charge in [-0.1, -0.05) is 18.2 Å². The van der Waals surface area contributed by atoms with Gasteiger partial charge in [0, 0.05) is 47.9 Å². The number of halogens is 2. The van der Waals surface area contributed by atoms with Crippen LogP contribution in [0.2, 0.25) is 0 Å². The summed E-state index contributed by atoms with van der Waals surface area (Å²) in [6, 6.07) is 9.74. The minimum Gasteiger partial charge on any atom is -0.478 e. The van der Waals surface area contributed by atoms with Crippen LogP contribution in [0.1, 0.15) is 42.3 Å². The van der Waals surface area contributed by atoms with Crippen molar-refractivity contribution in [2.45, 2.75) is 33.9 Å². The van der Waals surface area contributed by atoms with E-state index in [1.165, 1.54) is 6.07 Å². The zero-order valence-corrected chi connectivity index (χ0v) is 25.4. The van der Waals surface area contributed by atoms with Crippen molar-refractivity contribution in [2.75, 3.05) is 50.2 Å². The third-order valence-electron chi connectivity index (χ3n) is 6.31. The summed E-state index contributed by atoms with van der Waals surface area (Å²) in [6.07, 6.45) is -0.946. The van der Waals surface area contributed by atoms with Gasteiger partial charge in [0.05, 0.1) is 25.3 Å². The number of carbonyl (C=O) groups excluding carboxylic acids is 2. The molecule has 0 spiro atoms. The fraction of sp³-hybridized carbons (Fsp3) is 0.367. The summed E-state index contributed by atoms with van der Waals surface area (Å²) < 4.78 is 40.0. The molecule has 13 heteroatoms. The highest BCUT2D eigenvalue weighted by Gasteiger charge is 2.32. The second-order valence-electron chi connectivity index (χ2n) is 9.38. The molecule has 10 nitrogen and oxygen atoms in total. The third kappa shape index (κ3) is 8.72. The van der Waals surface area contributed by atoms with E-state index in [-0.39, 0.29) is 29.7 Å². The quantitative estimate of drug-likeness (QED) is 0.185. The van der Waals surface area contributed by atoms with Gasteiger partial charge in [-0.05, 0) is 57.6 Å². The van der Waals surface area contributed by atoms with E-state index in [0.717, 1.165) is 28.4 Å². The number of nitrogens with zero attached hydrogens (tertiary/aromatic N) is 2. The first kappa shape index (κ1) is 33.4. The lowest BCUT2D eigenvalue weighted by Gasteiger charge is -2.22. The Morgan fingerprint density at radius 3 is 2.21 bits per heavy atom. The van der Waals surface area contributed by atoms with E-state index in [1.54, 1.807) is 38.1 Å². The molecule has 0 saturated carbocycles. The fourth-order valence-electron chi connectivity index (χ4n) is 4.26. The first-order valence-corrected chi connectivity index (χ1v) is 14.6. The standard InChI is InChI=1S/C30H36F2N4O6S/c1-5-33-29(39)34-20-13-11-19(12-14-20)26-22(17-35(4)15-16-41-6-2)25(28(37)38)27(43-26)36(30(40)42-7-3)18-21-23(31)9-8-10-24(21)32/h8-14H,5-7,15-18H2,1-4H3,(H,37,38)(H2,33,34,39). The van der Waals surface area contributed by atoms with Gasteiger partial charge >= 0.3 is 18.1 Å². The van der Waals surface area contributed by atoms with Crippen molar-refractivity contribution in [3.8, 4) is 10.4 Å². The number of amides is 3. The number of benzene rings is 2. The minimum absolute atomic E-state index is 0.0265. The van der Waals surface area contributed by atoms with Gasteiger partial charge < -0.3 is 25.2 Å². The Hall–Kier alpha value is -4.07. The fourth-order valence-corrected chi connectivity index (χ4v) is 5.56. The number of carbonyl (C=O) groups is 3. The molecule has 0 aliphatic rings. The van der Waals surface area contributed by atoms with Crippen LogP contribution in [0.15, 0.2) is 42.5 Å². The molecule has 0 unspecified atom stereocenters. The molecule has 2 aromatic carbocycles. The van der Waals surface area contributed by atoms with Gasteiger partial charge in [-0.3, -0.25) is 9.80 Å². The van der Waals surface area contributed by atoms with Crippen molar-refractivity contribution in [3.63, 3.8) is 0 Å². The van der Waals surface area contributed by atoms with E-state index in [2.05, 4.69) is 10.6 Å². The summed E-state index contributed by atoms with van der Waals surface area (Å²) in [4.78, 5) is 41.3. The molecule has 1 heterocycles. The molecule has 1 aromatic heterocycles. The number of rotatable bonds is 14. The predicted octanol–water partition coefficient (Wildman–Crippen LogP) is 6.16. The van der Waals surface area contributed by atoms with Gasteiger partial charge in [0.2, 0.25) is 0 Å². The normalized spacial score (nSPS) is 11.0. The molecule has 3 amide bonds. The van der Waals surface area contributed by atoms with E-state index in [9.17, 15) is 28.3 Å². The highest BCUT2D eigenvalue weighted by molar-refractivity contribution is 7.20. The third-order valence-corrected chi connectivity index (χ3v) is 7.61. The number of thiophene rings is 1. The first-order chi connectivity index (χ1) is 20.6. The Morgan fingerprint density at radius 2 is 1.63 bits per heavy atom. The zero-order valence-electron chi connectivity index (χ0n) is 24.5. The highest BCUT2D eigenvalue weighted by Crippen LogP contribution is 2.44. The molecule has 0 radical (unpaired) electrons. The lowest BCUT2D eigenvalue weighted by molar-refractivity contribution is 0.0695. The van der Waals surface area contributed by atoms with E-state index < -0.39 is 35.8 Å². The van der Waals surface area contributed by atoms with Crippen LogP contribution in [-0.2, 0) is 22.6 Å². The van der Waals surface area contributed by atoms with E-state index >= 15 is 0 Å². The molecule has 0 aliphatic carbocycles. The number of aromatic carboxylic acids is 1. The maximum atomic E-state index is 14.7. The smallest absolute Gasteiger partial charge is 0.415 e. The Kier molecular flexibility index (Phi) is 12.4. The number of carboxylic acid groups (broad SMARTS) is 1. The molecule has 0 saturated heterocycles. The lowest BCUT2D eigenvalue weighted by atomic mass is 10.0. The molecule has 0 atom stereocenters. The number of carboxylic acids is 1. The zero-order chi connectivity index (χ0) is 31.5. The largest absolute Gasteiger partial charge is 0.478 e. The van der Waals surface area contributed by atoms with Crippen LogP contribution in [0.5, 0.6) is 0 Å². The summed E-state index contributed by atoms with van der Waals surface area (Å²) >= 11 is 1.00. The summed E-state index contributed by atoms with van der Waals surface area (Å²) in [6.45, 7) is 6.68. The molecule has 232 valence electrons. The van der Waals surface area contributed by atoms with Crippen LogP contribution in [-0.4, -0.2) is 68.1 Å². The van der Waals surface area contributed by atoms with Gasteiger partial charge in [-0.15, -0.1) is 11.3 Å². The number of likely N-dealkylation sites (N-methyl/N-ethyl adjacent to an activating group) is 1. The SMILES string of the molecule is CCNC(=O)Nc1ccc(-c2sc(N(Cc3c(F)cccc3F)C(=O)OCC)c(C(=O)O)c2CN(C)CCOCC)cc1. The van der Waals surface area contributed by atoms with Gasteiger partial charge in [-0.2, -0.15) is 0 Å². The molecule has 0 aliphatic heterocycles. The number of hydrogen-bond acceptors (Lipinski definition) is 7. The van der Waals surface area contributed by atoms with Crippen molar-refractivity contribution in [2.24, 2.45) is 0 Å². The highest BCUT2D eigenvalue weighted by atomic mass is 32.1. The number of hydrogen-bond donors (Lipinski definition) is 3. The van der Waals surface area contributed by atoms with Crippen molar-refractivity contribution < 1.29 is 37.7 Å². The second kappa shape index (κ2) is 16.0. The molecule has 3 N–H and O–H groups in total. The van der Waals surface area contributed by atoms with Gasteiger partial charge in [0.15, 0.2) is 0 Å². The number of anilines is 2. The molecule has 0 fully saturated rings. The maximum absolute atomic E-state index is 14.7.